The van der Waals surface area contributed by atoms with Crippen molar-refractivity contribution in [3.8, 4) is 6.07 Å². The molecule has 1 aromatic heterocycles. The van der Waals surface area contributed by atoms with Crippen LogP contribution in [0.15, 0.2) is 16.7 Å². The van der Waals surface area contributed by atoms with Crippen molar-refractivity contribution in [2.24, 2.45) is 0 Å². The summed E-state index contributed by atoms with van der Waals surface area (Å²) in [5, 5.41) is 18.7. The predicted molar refractivity (Wildman–Crippen MR) is 43.3 cm³/mol. The molecule has 6 heteroatoms. The largest absolute Gasteiger partial charge is 0.302 e. The Morgan fingerprint density at radius 1 is 1.67 bits per heavy atom. The van der Waals surface area contributed by atoms with Gasteiger partial charge < -0.3 is 0 Å². The first kappa shape index (κ1) is 8.62. The van der Waals surface area contributed by atoms with Crippen LogP contribution in [0.3, 0.4) is 0 Å². The van der Waals surface area contributed by atoms with Gasteiger partial charge in [-0.3, -0.25) is 10.1 Å². The Bertz CT molecular complexity index is 372. The zero-order valence-electron chi connectivity index (χ0n) is 5.69. The van der Waals surface area contributed by atoms with Crippen LogP contribution in [0.1, 0.15) is 5.69 Å². The highest BCUT2D eigenvalue weighted by molar-refractivity contribution is 9.10. The molecule has 1 aromatic rings. The number of rotatable bonds is 1. The summed E-state index contributed by atoms with van der Waals surface area (Å²) in [6, 6.07) is 4.30. The van der Waals surface area contributed by atoms with Crippen molar-refractivity contribution in [3.63, 3.8) is 0 Å². The first-order valence-corrected chi connectivity index (χ1v) is 3.65. The smallest absolute Gasteiger partial charge is 0.258 e. The number of nitriles is 1. The van der Waals surface area contributed by atoms with E-state index in [1.54, 1.807) is 6.07 Å². The molecule has 0 aromatic carbocycles. The third-order valence-corrected chi connectivity index (χ3v) is 1.72. The zero-order valence-corrected chi connectivity index (χ0v) is 7.28. The van der Waals surface area contributed by atoms with Crippen LogP contribution in [0.25, 0.3) is 0 Å². The summed E-state index contributed by atoms with van der Waals surface area (Å²) in [5.74, 6) is 0. The second kappa shape index (κ2) is 3.28. The summed E-state index contributed by atoms with van der Waals surface area (Å²) in [5.41, 5.74) is 0.00137. The van der Waals surface area contributed by atoms with Gasteiger partial charge in [0.05, 0.1) is 4.92 Å². The van der Waals surface area contributed by atoms with Crippen LogP contribution in [0.2, 0.25) is 0 Å². The molecule has 0 atom stereocenters. The van der Waals surface area contributed by atoms with Crippen LogP contribution in [-0.2, 0) is 0 Å². The van der Waals surface area contributed by atoms with Crippen LogP contribution in [-0.4, -0.2) is 9.91 Å². The van der Waals surface area contributed by atoms with Crippen molar-refractivity contribution in [1.29, 1.82) is 5.26 Å². The standard InChI is InChI=1S/C6H2BrN3O2/c7-6-5(10(11)12)2-1-4(3-8)9-6/h1-2H. The SMILES string of the molecule is N#Cc1ccc([N+](=O)[O-])c(Br)n1. The average molecular weight is 228 g/mol. The maximum atomic E-state index is 10.3. The fraction of sp³-hybridized carbons (Fsp3) is 0. The number of aromatic nitrogens is 1. The van der Waals surface area contributed by atoms with Gasteiger partial charge in [0, 0.05) is 6.07 Å². The van der Waals surface area contributed by atoms with Gasteiger partial charge in [0.1, 0.15) is 11.8 Å². The third kappa shape index (κ3) is 1.57. The lowest BCUT2D eigenvalue weighted by atomic mass is 10.3. The van der Waals surface area contributed by atoms with E-state index in [9.17, 15) is 10.1 Å². The zero-order chi connectivity index (χ0) is 9.14. The summed E-state index contributed by atoms with van der Waals surface area (Å²) in [7, 11) is 0. The van der Waals surface area contributed by atoms with Crippen molar-refractivity contribution in [1.82, 2.24) is 4.98 Å². The van der Waals surface area contributed by atoms with Crippen LogP contribution in [0.4, 0.5) is 5.69 Å². The minimum absolute atomic E-state index is 0.0755. The average Bonchev–Trinajstić information content (AvgIpc) is 2.03. The van der Waals surface area contributed by atoms with Crippen LogP contribution in [0.5, 0.6) is 0 Å². The first-order valence-electron chi connectivity index (χ1n) is 2.86. The highest BCUT2D eigenvalue weighted by atomic mass is 79.9. The Hall–Kier alpha value is -1.48. The topological polar surface area (TPSA) is 79.8 Å². The van der Waals surface area contributed by atoms with Gasteiger partial charge in [-0.1, -0.05) is 0 Å². The molecule has 0 fully saturated rings. The maximum Gasteiger partial charge on any atom is 0.302 e. The Morgan fingerprint density at radius 2 is 2.33 bits per heavy atom. The van der Waals surface area contributed by atoms with Crippen molar-refractivity contribution in [2.45, 2.75) is 0 Å². The van der Waals surface area contributed by atoms with E-state index < -0.39 is 4.92 Å². The molecular weight excluding hydrogens is 226 g/mol. The van der Waals surface area contributed by atoms with Crippen LogP contribution >= 0.6 is 15.9 Å². The van der Waals surface area contributed by atoms with Gasteiger partial charge in [0.25, 0.3) is 0 Å². The molecule has 0 amide bonds. The molecule has 0 N–H and O–H groups in total. The van der Waals surface area contributed by atoms with Crippen molar-refractivity contribution >= 4 is 21.6 Å². The first-order chi connectivity index (χ1) is 5.65. The van der Waals surface area contributed by atoms with Crippen LogP contribution in [0, 0.1) is 21.4 Å². The Kier molecular flexibility index (Phi) is 2.35. The molecule has 1 heterocycles. The minimum atomic E-state index is -0.571. The maximum absolute atomic E-state index is 10.3. The van der Waals surface area contributed by atoms with Crippen LogP contribution < -0.4 is 0 Å². The van der Waals surface area contributed by atoms with Gasteiger partial charge in [0.15, 0.2) is 4.60 Å². The van der Waals surface area contributed by atoms with E-state index in [0.717, 1.165) is 0 Å². The van der Waals surface area contributed by atoms with E-state index in [0.29, 0.717) is 0 Å². The molecule has 0 saturated carbocycles. The molecule has 5 nitrogen and oxygen atoms in total. The molecule has 0 spiro atoms. The summed E-state index contributed by atoms with van der Waals surface area (Å²) >= 11 is 2.88. The summed E-state index contributed by atoms with van der Waals surface area (Å²) in [4.78, 5) is 13.3. The molecule has 0 radical (unpaired) electrons. The Balaban J connectivity index is 3.23. The highest BCUT2D eigenvalue weighted by Crippen LogP contribution is 2.21. The monoisotopic (exact) mass is 227 g/mol. The molecular formula is C6H2BrN3O2. The summed E-state index contributed by atoms with van der Waals surface area (Å²) < 4.78 is 0.0755. The lowest BCUT2D eigenvalue weighted by Gasteiger charge is -1.93. The van der Waals surface area contributed by atoms with Gasteiger partial charge in [-0.25, -0.2) is 4.98 Å². The van der Waals surface area contributed by atoms with E-state index in [2.05, 4.69) is 20.9 Å². The minimum Gasteiger partial charge on any atom is -0.258 e. The number of hydrogen-bond donors (Lipinski definition) is 0. The molecule has 0 saturated heterocycles. The molecule has 0 unspecified atom stereocenters. The number of hydrogen-bond acceptors (Lipinski definition) is 4. The van der Waals surface area contributed by atoms with E-state index in [1.807, 2.05) is 0 Å². The Morgan fingerprint density at radius 3 is 2.75 bits per heavy atom. The second-order valence-electron chi connectivity index (χ2n) is 1.88. The van der Waals surface area contributed by atoms with Gasteiger partial charge in [0.2, 0.25) is 0 Å². The summed E-state index contributed by atoms with van der Waals surface area (Å²) in [6.45, 7) is 0. The van der Waals surface area contributed by atoms with E-state index in [4.69, 9.17) is 5.26 Å². The van der Waals surface area contributed by atoms with Gasteiger partial charge in [-0.2, -0.15) is 5.26 Å². The molecule has 0 bridgehead atoms. The fourth-order valence-electron chi connectivity index (χ4n) is 0.625. The van der Waals surface area contributed by atoms with E-state index in [1.165, 1.54) is 12.1 Å². The summed E-state index contributed by atoms with van der Waals surface area (Å²) in [6.07, 6.45) is 0. The molecule has 0 aliphatic carbocycles. The fourth-order valence-corrected chi connectivity index (χ4v) is 1.09. The third-order valence-electron chi connectivity index (χ3n) is 1.14. The number of nitrogens with zero attached hydrogens (tertiary/aromatic N) is 3. The van der Waals surface area contributed by atoms with Gasteiger partial charge in [-0.05, 0) is 22.0 Å². The molecule has 0 aliphatic rings. The van der Waals surface area contributed by atoms with Crippen molar-refractivity contribution in [2.75, 3.05) is 0 Å². The van der Waals surface area contributed by atoms with E-state index >= 15 is 0 Å². The lowest BCUT2D eigenvalue weighted by molar-refractivity contribution is -0.386. The lowest BCUT2D eigenvalue weighted by Crippen LogP contribution is -1.92. The van der Waals surface area contributed by atoms with Crippen molar-refractivity contribution < 1.29 is 4.92 Å². The number of nitro groups is 1. The van der Waals surface area contributed by atoms with Crippen molar-refractivity contribution in [3.05, 3.63) is 32.5 Å². The normalized spacial score (nSPS) is 9.00. The van der Waals surface area contributed by atoms with Gasteiger partial charge >= 0.3 is 5.69 Å². The predicted octanol–water partition coefficient (Wildman–Crippen LogP) is 1.62. The number of halogens is 1. The second-order valence-corrected chi connectivity index (χ2v) is 2.63. The number of pyridine rings is 1. The molecule has 1 rings (SSSR count). The quantitative estimate of drug-likeness (QED) is 0.415. The molecule has 60 valence electrons. The molecule has 12 heavy (non-hydrogen) atoms. The Labute approximate surface area is 75.9 Å². The highest BCUT2D eigenvalue weighted by Gasteiger charge is 2.12. The van der Waals surface area contributed by atoms with E-state index in [-0.39, 0.29) is 16.0 Å². The van der Waals surface area contributed by atoms with Gasteiger partial charge in [-0.15, -0.1) is 0 Å². The molecule has 0 aliphatic heterocycles.